The van der Waals surface area contributed by atoms with E-state index in [1.54, 1.807) is 12.4 Å². The Hall–Kier alpha value is -1.67. The summed E-state index contributed by atoms with van der Waals surface area (Å²) in [6.07, 6.45) is 4.46. The monoisotopic (exact) mass is 212 g/mol. The molecule has 0 saturated heterocycles. The second-order valence-corrected chi connectivity index (χ2v) is 4.08. The summed E-state index contributed by atoms with van der Waals surface area (Å²) in [5.41, 5.74) is 9.83. The molecule has 1 aromatic heterocycles. The van der Waals surface area contributed by atoms with Crippen LogP contribution in [0, 0.1) is 6.92 Å². The molecule has 2 aromatic rings. The molecule has 0 radical (unpaired) electrons. The molecule has 0 bridgehead atoms. The van der Waals surface area contributed by atoms with Crippen LogP contribution < -0.4 is 5.73 Å². The first-order valence-corrected chi connectivity index (χ1v) is 5.47. The number of nitrogens with zero attached hydrogens (tertiary/aromatic N) is 1. The van der Waals surface area contributed by atoms with Crippen molar-refractivity contribution in [3.8, 4) is 0 Å². The van der Waals surface area contributed by atoms with Crippen molar-refractivity contribution in [1.29, 1.82) is 0 Å². The Balaban J connectivity index is 2.09. The Bertz CT molecular complexity index is 434. The van der Waals surface area contributed by atoms with Crippen LogP contribution in [0.15, 0.2) is 48.8 Å². The van der Waals surface area contributed by atoms with Gasteiger partial charge in [0, 0.05) is 18.4 Å². The highest BCUT2D eigenvalue weighted by Gasteiger charge is 2.06. The Morgan fingerprint density at radius 3 is 2.31 bits per heavy atom. The smallest absolute Gasteiger partial charge is 0.0335 e. The van der Waals surface area contributed by atoms with Gasteiger partial charge in [-0.05, 0) is 36.6 Å². The van der Waals surface area contributed by atoms with Crippen molar-refractivity contribution in [2.45, 2.75) is 19.4 Å². The molecule has 0 aliphatic rings. The third-order valence-electron chi connectivity index (χ3n) is 2.71. The van der Waals surface area contributed by atoms with Crippen molar-refractivity contribution in [2.24, 2.45) is 5.73 Å². The summed E-state index contributed by atoms with van der Waals surface area (Å²) >= 11 is 0. The fourth-order valence-corrected chi connectivity index (χ4v) is 1.70. The summed E-state index contributed by atoms with van der Waals surface area (Å²) < 4.78 is 0. The topological polar surface area (TPSA) is 38.9 Å². The number of hydrogen-bond donors (Lipinski definition) is 1. The summed E-state index contributed by atoms with van der Waals surface area (Å²) in [7, 11) is 0. The van der Waals surface area contributed by atoms with Crippen molar-refractivity contribution in [3.05, 3.63) is 65.5 Å². The van der Waals surface area contributed by atoms with Crippen molar-refractivity contribution in [3.63, 3.8) is 0 Å². The van der Waals surface area contributed by atoms with Crippen LogP contribution in [-0.4, -0.2) is 4.98 Å². The quantitative estimate of drug-likeness (QED) is 0.849. The normalized spacial score (nSPS) is 12.4. The van der Waals surface area contributed by atoms with E-state index < -0.39 is 0 Å². The molecule has 0 aliphatic carbocycles. The summed E-state index contributed by atoms with van der Waals surface area (Å²) in [5.74, 6) is 0. The summed E-state index contributed by atoms with van der Waals surface area (Å²) in [6.45, 7) is 2.08. The number of benzene rings is 1. The lowest BCUT2D eigenvalue weighted by Crippen LogP contribution is -2.13. The number of rotatable bonds is 3. The Labute approximate surface area is 96.1 Å². The number of pyridine rings is 1. The molecule has 1 unspecified atom stereocenters. The number of hydrogen-bond acceptors (Lipinski definition) is 2. The van der Waals surface area contributed by atoms with Gasteiger partial charge < -0.3 is 5.73 Å². The zero-order valence-electron chi connectivity index (χ0n) is 9.43. The van der Waals surface area contributed by atoms with E-state index in [0.29, 0.717) is 0 Å². The van der Waals surface area contributed by atoms with Gasteiger partial charge in [-0.15, -0.1) is 0 Å². The maximum atomic E-state index is 6.16. The van der Waals surface area contributed by atoms with Crippen LogP contribution in [0.5, 0.6) is 0 Å². The van der Waals surface area contributed by atoms with Crippen molar-refractivity contribution in [1.82, 2.24) is 4.98 Å². The van der Waals surface area contributed by atoms with E-state index >= 15 is 0 Å². The minimum atomic E-state index is 0.0583. The molecule has 0 amide bonds. The number of aryl methyl sites for hydroxylation is 1. The van der Waals surface area contributed by atoms with E-state index in [1.165, 1.54) is 16.7 Å². The molecule has 0 fully saturated rings. The van der Waals surface area contributed by atoms with E-state index in [4.69, 9.17) is 5.73 Å². The summed E-state index contributed by atoms with van der Waals surface area (Å²) in [4.78, 5) is 4.00. The minimum Gasteiger partial charge on any atom is -0.324 e. The molecule has 2 heteroatoms. The van der Waals surface area contributed by atoms with Crippen LogP contribution >= 0.6 is 0 Å². The highest BCUT2D eigenvalue weighted by molar-refractivity contribution is 5.25. The second-order valence-electron chi connectivity index (χ2n) is 4.08. The molecule has 0 aliphatic heterocycles. The lowest BCUT2D eigenvalue weighted by Gasteiger charge is -2.12. The van der Waals surface area contributed by atoms with Gasteiger partial charge in [0.15, 0.2) is 0 Å². The van der Waals surface area contributed by atoms with Gasteiger partial charge in [0.05, 0.1) is 0 Å². The molecule has 1 atom stereocenters. The van der Waals surface area contributed by atoms with Gasteiger partial charge >= 0.3 is 0 Å². The zero-order chi connectivity index (χ0) is 11.4. The first-order chi connectivity index (χ1) is 7.75. The molecular weight excluding hydrogens is 196 g/mol. The SMILES string of the molecule is Cc1ccc(C(N)Cc2ccncc2)cc1. The van der Waals surface area contributed by atoms with Gasteiger partial charge in [-0.25, -0.2) is 0 Å². The molecule has 1 aromatic carbocycles. The standard InChI is InChI=1S/C14H16N2/c1-11-2-4-13(5-3-11)14(15)10-12-6-8-16-9-7-12/h2-9,14H,10,15H2,1H3. The number of nitrogens with two attached hydrogens (primary N) is 1. The van der Waals surface area contributed by atoms with Crippen molar-refractivity contribution >= 4 is 0 Å². The highest BCUT2D eigenvalue weighted by atomic mass is 14.6. The van der Waals surface area contributed by atoms with E-state index in [2.05, 4.69) is 36.2 Å². The number of aromatic nitrogens is 1. The molecule has 2 rings (SSSR count). The van der Waals surface area contributed by atoms with Gasteiger partial charge in [-0.3, -0.25) is 4.98 Å². The molecule has 16 heavy (non-hydrogen) atoms. The molecule has 2 N–H and O–H groups in total. The first-order valence-electron chi connectivity index (χ1n) is 5.47. The van der Waals surface area contributed by atoms with Crippen molar-refractivity contribution in [2.75, 3.05) is 0 Å². The molecule has 0 saturated carbocycles. The van der Waals surface area contributed by atoms with Crippen molar-refractivity contribution < 1.29 is 0 Å². The van der Waals surface area contributed by atoms with E-state index in [-0.39, 0.29) is 6.04 Å². The largest absolute Gasteiger partial charge is 0.324 e. The second kappa shape index (κ2) is 4.90. The fraction of sp³-hybridized carbons (Fsp3) is 0.214. The molecule has 2 nitrogen and oxygen atoms in total. The van der Waals surface area contributed by atoms with E-state index in [9.17, 15) is 0 Å². The summed E-state index contributed by atoms with van der Waals surface area (Å²) in [6, 6.07) is 12.5. The Kier molecular flexibility index (Phi) is 3.32. The van der Waals surface area contributed by atoms with Gasteiger partial charge in [0.1, 0.15) is 0 Å². The highest BCUT2D eigenvalue weighted by Crippen LogP contribution is 2.16. The van der Waals surface area contributed by atoms with Gasteiger partial charge in [-0.1, -0.05) is 29.8 Å². The van der Waals surface area contributed by atoms with Crippen LogP contribution in [0.25, 0.3) is 0 Å². The molecule has 0 spiro atoms. The molecular formula is C14H16N2. The van der Waals surface area contributed by atoms with Crippen LogP contribution in [0.2, 0.25) is 0 Å². The lowest BCUT2D eigenvalue weighted by molar-refractivity contribution is 0.721. The van der Waals surface area contributed by atoms with Crippen LogP contribution in [-0.2, 0) is 6.42 Å². The predicted molar refractivity (Wildman–Crippen MR) is 66.0 cm³/mol. The van der Waals surface area contributed by atoms with Gasteiger partial charge in [0.25, 0.3) is 0 Å². The third kappa shape index (κ3) is 2.67. The van der Waals surface area contributed by atoms with Crippen LogP contribution in [0.1, 0.15) is 22.7 Å². The summed E-state index contributed by atoms with van der Waals surface area (Å²) in [5, 5.41) is 0. The minimum absolute atomic E-state index is 0.0583. The van der Waals surface area contributed by atoms with Gasteiger partial charge in [-0.2, -0.15) is 0 Å². The van der Waals surface area contributed by atoms with Crippen LogP contribution in [0.3, 0.4) is 0 Å². The first kappa shape index (κ1) is 10.8. The Morgan fingerprint density at radius 2 is 1.69 bits per heavy atom. The average Bonchev–Trinajstić information content (AvgIpc) is 2.31. The zero-order valence-corrected chi connectivity index (χ0v) is 9.43. The fourth-order valence-electron chi connectivity index (χ4n) is 1.70. The third-order valence-corrected chi connectivity index (χ3v) is 2.71. The van der Waals surface area contributed by atoms with Crippen LogP contribution in [0.4, 0.5) is 0 Å². The predicted octanol–water partition coefficient (Wildman–Crippen LogP) is 2.63. The molecule has 1 heterocycles. The van der Waals surface area contributed by atoms with Gasteiger partial charge in [0.2, 0.25) is 0 Å². The maximum Gasteiger partial charge on any atom is 0.0335 e. The van der Waals surface area contributed by atoms with E-state index in [0.717, 1.165) is 6.42 Å². The molecule has 82 valence electrons. The Morgan fingerprint density at radius 1 is 1.06 bits per heavy atom. The maximum absolute atomic E-state index is 6.16. The lowest BCUT2D eigenvalue weighted by atomic mass is 10.00. The van der Waals surface area contributed by atoms with E-state index in [1.807, 2.05) is 12.1 Å². The average molecular weight is 212 g/mol.